The van der Waals surface area contributed by atoms with Crippen LogP contribution < -0.4 is 16.4 Å². The van der Waals surface area contributed by atoms with E-state index < -0.39 is 0 Å². The maximum Gasteiger partial charge on any atom is 0.234 e. The van der Waals surface area contributed by atoms with Crippen molar-refractivity contribution in [1.82, 2.24) is 10.6 Å². The Morgan fingerprint density at radius 3 is 2.80 bits per heavy atom. The van der Waals surface area contributed by atoms with Crippen LogP contribution in [0.25, 0.3) is 0 Å². The summed E-state index contributed by atoms with van der Waals surface area (Å²) in [4.78, 5) is 11.2. The van der Waals surface area contributed by atoms with Crippen LogP contribution >= 0.6 is 0 Å². The average Bonchev–Trinajstić information content (AvgIpc) is 2.18. The molecule has 4 nitrogen and oxygen atoms in total. The molecule has 15 heavy (non-hydrogen) atoms. The molecule has 0 aromatic carbocycles. The average molecular weight is 213 g/mol. The molecule has 4 heteroatoms. The quantitative estimate of drug-likeness (QED) is 0.606. The zero-order valence-corrected chi connectivity index (χ0v) is 9.75. The molecule has 2 atom stereocenters. The van der Waals surface area contributed by atoms with Crippen molar-refractivity contribution < 1.29 is 4.79 Å². The van der Waals surface area contributed by atoms with Crippen LogP contribution in [0.2, 0.25) is 0 Å². The normalized spacial score (nSPS) is 24.1. The fourth-order valence-corrected chi connectivity index (χ4v) is 2.06. The van der Waals surface area contributed by atoms with E-state index >= 15 is 0 Å². The summed E-state index contributed by atoms with van der Waals surface area (Å²) >= 11 is 0. The lowest BCUT2D eigenvalue weighted by atomic mass is 9.97. The third kappa shape index (κ3) is 4.18. The number of piperidine rings is 1. The highest BCUT2D eigenvalue weighted by Crippen LogP contribution is 2.09. The monoisotopic (exact) mass is 213 g/mol. The number of carbonyl (C=O) groups excluding carboxylic acids is 1. The van der Waals surface area contributed by atoms with Crippen molar-refractivity contribution in [3.05, 3.63) is 0 Å². The predicted molar refractivity (Wildman–Crippen MR) is 61.4 cm³/mol. The van der Waals surface area contributed by atoms with Crippen LogP contribution in [0.3, 0.4) is 0 Å². The van der Waals surface area contributed by atoms with E-state index in [2.05, 4.69) is 10.6 Å². The van der Waals surface area contributed by atoms with E-state index in [0.717, 1.165) is 19.6 Å². The highest BCUT2D eigenvalue weighted by Gasteiger charge is 2.21. The highest BCUT2D eigenvalue weighted by molar-refractivity contribution is 5.80. The lowest BCUT2D eigenvalue weighted by Gasteiger charge is -2.26. The zero-order chi connectivity index (χ0) is 11.3. The topological polar surface area (TPSA) is 67.2 Å². The Balaban J connectivity index is 2.29. The zero-order valence-electron chi connectivity index (χ0n) is 9.75. The fourth-order valence-electron chi connectivity index (χ4n) is 2.06. The van der Waals surface area contributed by atoms with Gasteiger partial charge in [-0.25, -0.2) is 0 Å². The lowest BCUT2D eigenvalue weighted by Crippen LogP contribution is -2.48. The lowest BCUT2D eigenvalue weighted by molar-refractivity contribution is -0.121. The largest absolute Gasteiger partial charge is 0.368 e. The van der Waals surface area contributed by atoms with Gasteiger partial charge < -0.3 is 16.4 Å². The van der Waals surface area contributed by atoms with E-state index in [1.807, 2.05) is 13.8 Å². The van der Waals surface area contributed by atoms with Crippen LogP contribution in [0.15, 0.2) is 0 Å². The molecule has 1 amide bonds. The molecular formula is C11H23N3O. The number of rotatable bonds is 5. The van der Waals surface area contributed by atoms with Crippen LogP contribution in [0.5, 0.6) is 0 Å². The number of hydrogen-bond acceptors (Lipinski definition) is 3. The Bertz CT molecular complexity index is 200. The molecule has 1 aliphatic rings. The van der Waals surface area contributed by atoms with Crippen LogP contribution in [-0.2, 0) is 4.79 Å². The first kappa shape index (κ1) is 12.5. The van der Waals surface area contributed by atoms with Gasteiger partial charge in [0.05, 0.1) is 6.04 Å². The maximum absolute atomic E-state index is 11.2. The number of carbonyl (C=O) groups is 1. The molecule has 4 N–H and O–H groups in total. The first-order valence-corrected chi connectivity index (χ1v) is 5.84. The summed E-state index contributed by atoms with van der Waals surface area (Å²) in [7, 11) is 0. The molecular weight excluding hydrogens is 190 g/mol. The second-order valence-electron chi connectivity index (χ2n) is 4.74. The summed E-state index contributed by atoms with van der Waals surface area (Å²) in [5, 5.41) is 6.63. The third-order valence-electron chi connectivity index (χ3n) is 3.00. The minimum atomic E-state index is -0.242. The number of nitrogens with one attached hydrogen (secondary N) is 2. The van der Waals surface area contributed by atoms with Gasteiger partial charge in [-0.1, -0.05) is 13.8 Å². The number of amides is 1. The first-order chi connectivity index (χ1) is 7.11. The SMILES string of the molecule is CC(C)C(NCC1CCCNC1)C(N)=O. The smallest absolute Gasteiger partial charge is 0.234 e. The van der Waals surface area contributed by atoms with Gasteiger partial charge in [0.15, 0.2) is 0 Å². The van der Waals surface area contributed by atoms with Crippen molar-refractivity contribution in [3.8, 4) is 0 Å². The summed E-state index contributed by atoms with van der Waals surface area (Å²) in [6.45, 7) is 7.10. The van der Waals surface area contributed by atoms with E-state index in [1.165, 1.54) is 12.8 Å². The number of nitrogens with two attached hydrogens (primary N) is 1. The molecule has 0 aromatic heterocycles. The third-order valence-corrected chi connectivity index (χ3v) is 3.00. The minimum Gasteiger partial charge on any atom is -0.368 e. The molecule has 0 aromatic rings. The molecule has 0 saturated carbocycles. The Kier molecular flexibility index (Phi) is 5.05. The van der Waals surface area contributed by atoms with Gasteiger partial charge in [0.25, 0.3) is 0 Å². The second kappa shape index (κ2) is 6.08. The van der Waals surface area contributed by atoms with Gasteiger partial charge >= 0.3 is 0 Å². The van der Waals surface area contributed by atoms with Gasteiger partial charge in [0, 0.05) is 0 Å². The highest BCUT2D eigenvalue weighted by atomic mass is 16.1. The van der Waals surface area contributed by atoms with Crippen molar-refractivity contribution in [2.75, 3.05) is 19.6 Å². The summed E-state index contributed by atoms with van der Waals surface area (Å²) in [5.74, 6) is 0.659. The minimum absolute atomic E-state index is 0.188. The maximum atomic E-state index is 11.2. The van der Waals surface area contributed by atoms with E-state index in [-0.39, 0.29) is 17.9 Å². The Morgan fingerprint density at radius 2 is 2.33 bits per heavy atom. The summed E-state index contributed by atoms with van der Waals surface area (Å²) in [6.07, 6.45) is 2.47. The van der Waals surface area contributed by atoms with E-state index in [4.69, 9.17) is 5.73 Å². The molecule has 0 aliphatic carbocycles. The van der Waals surface area contributed by atoms with Gasteiger partial charge in [0.2, 0.25) is 5.91 Å². The molecule has 1 fully saturated rings. The Hall–Kier alpha value is -0.610. The summed E-state index contributed by atoms with van der Waals surface area (Å²) < 4.78 is 0. The van der Waals surface area contributed by atoms with E-state index in [0.29, 0.717) is 5.92 Å². The molecule has 1 aliphatic heterocycles. The van der Waals surface area contributed by atoms with E-state index in [1.54, 1.807) is 0 Å². The summed E-state index contributed by atoms with van der Waals surface area (Å²) in [6, 6.07) is -0.188. The second-order valence-corrected chi connectivity index (χ2v) is 4.74. The van der Waals surface area contributed by atoms with Gasteiger partial charge in [-0.05, 0) is 44.3 Å². The van der Waals surface area contributed by atoms with Gasteiger partial charge in [-0.2, -0.15) is 0 Å². The molecule has 0 radical (unpaired) electrons. The molecule has 1 rings (SSSR count). The Labute approximate surface area is 92.0 Å². The van der Waals surface area contributed by atoms with Gasteiger partial charge in [0.1, 0.15) is 0 Å². The predicted octanol–water partition coefficient (Wildman–Crippen LogP) is 0.0855. The van der Waals surface area contributed by atoms with Crippen molar-refractivity contribution in [3.63, 3.8) is 0 Å². The van der Waals surface area contributed by atoms with Crippen LogP contribution in [-0.4, -0.2) is 31.6 Å². The Morgan fingerprint density at radius 1 is 1.60 bits per heavy atom. The molecule has 0 spiro atoms. The molecule has 1 heterocycles. The molecule has 2 unspecified atom stereocenters. The first-order valence-electron chi connectivity index (χ1n) is 5.84. The van der Waals surface area contributed by atoms with Crippen molar-refractivity contribution in [1.29, 1.82) is 0 Å². The van der Waals surface area contributed by atoms with Crippen molar-refractivity contribution in [2.24, 2.45) is 17.6 Å². The van der Waals surface area contributed by atoms with Gasteiger partial charge in [-0.3, -0.25) is 4.79 Å². The molecule has 0 bridgehead atoms. The van der Waals surface area contributed by atoms with Crippen molar-refractivity contribution >= 4 is 5.91 Å². The number of primary amides is 1. The summed E-state index contributed by atoms with van der Waals surface area (Å²) in [5.41, 5.74) is 5.34. The van der Waals surface area contributed by atoms with Crippen LogP contribution in [0.4, 0.5) is 0 Å². The molecule has 1 saturated heterocycles. The molecule has 88 valence electrons. The van der Waals surface area contributed by atoms with Crippen LogP contribution in [0.1, 0.15) is 26.7 Å². The van der Waals surface area contributed by atoms with Crippen LogP contribution in [0, 0.1) is 11.8 Å². The fraction of sp³-hybridized carbons (Fsp3) is 0.909. The van der Waals surface area contributed by atoms with Gasteiger partial charge in [-0.15, -0.1) is 0 Å². The number of hydrogen-bond donors (Lipinski definition) is 3. The van der Waals surface area contributed by atoms with Crippen molar-refractivity contribution in [2.45, 2.75) is 32.7 Å². The van der Waals surface area contributed by atoms with E-state index in [9.17, 15) is 4.79 Å². The standard InChI is InChI=1S/C11H23N3O/c1-8(2)10(11(12)15)14-7-9-4-3-5-13-6-9/h8-10,13-14H,3-7H2,1-2H3,(H2,12,15).